The minimum Gasteiger partial charge on any atom is -0.481 e. The molecular weight excluding hydrogens is 339 g/mol. The monoisotopic (exact) mass is 355 g/mol. The minimum atomic E-state index is -4.93. The predicted molar refractivity (Wildman–Crippen MR) is 82.2 cm³/mol. The highest BCUT2D eigenvalue weighted by molar-refractivity contribution is 6.06. The van der Waals surface area contributed by atoms with E-state index in [9.17, 15) is 22.8 Å². The Hall–Kier alpha value is -2.51. The highest BCUT2D eigenvalue weighted by Crippen LogP contribution is 2.46. The van der Waals surface area contributed by atoms with Crippen LogP contribution in [0.3, 0.4) is 0 Å². The fourth-order valence-electron chi connectivity index (χ4n) is 3.14. The van der Waals surface area contributed by atoms with Gasteiger partial charge in [0.05, 0.1) is 5.56 Å². The van der Waals surface area contributed by atoms with Crippen molar-refractivity contribution in [2.24, 2.45) is 5.41 Å². The van der Waals surface area contributed by atoms with Crippen molar-refractivity contribution in [2.75, 3.05) is 13.1 Å². The van der Waals surface area contributed by atoms with Crippen LogP contribution < -0.4 is 0 Å². The van der Waals surface area contributed by atoms with Crippen molar-refractivity contribution in [1.29, 1.82) is 0 Å². The van der Waals surface area contributed by atoms with E-state index in [1.165, 1.54) is 6.26 Å². The van der Waals surface area contributed by atoms with Crippen molar-refractivity contribution in [1.82, 2.24) is 4.90 Å². The van der Waals surface area contributed by atoms with Crippen LogP contribution >= 0.6 is 0 Å². The molecule has 8 heteroatoms. The summed E-state index contributed by atoms with van der Waals surface area (Å²) in [5.41, 5.74) is -1.36. The summed E-state index contributed by atoms with van der Waals surface area (Å²) in [5.74, 6) is -2.61. The molecule has 1 aliphatic heterocycles. The van der Waals surface area contributed by atoms with E-state index in [0.29, 0.717) is 11.0 Å². The molecule has 0 radical (unpaired) electrons. The lowest BCUT2D eigenvalue weighted by Crippen LogP contribution is -2.47. The molecule has 1 N–H and O–H groups in total. The van der Waals surface area contributed by atoms with E-state index in [0.717, 1.165) is 16.9 Å². The van der Waals surface area contributed by atoms with Crippen LogP contribution in [0.25, 0.3) is 11.0 Å². The van der Waals surface area contributed by atoms with Crippen LogP contribution in [0.15, 0.2) is 28.9 Å². The number of amides is 1. The average molecular weight is 355 g/mol. The number of carbonyl (C=O) groups is 2. The van der Waals surface area contributed by atoms with E-state index in [4.69, 9.17) is 9.52 Å². The zero-order valence-corrected chi connectivity index (χ0v) is 13.4. The van der Waals surface area contributed by atoms with Crippen LogP contribution in [0.5, 0.6) is 0 Å². The molecule has 1 atom stereocenters. The lowest BCUT2D eigenvalue weighted by atomic mass is 9.86. The number of halogens is 3. The number of furan rings is 1. The Bertz CT molecular complexity index is 842. The van der Waals surface area contributed by atoms with Crippen molar-refractivity contribution < 1.29 is 32.3 Å². The Kier molecular flexibility index (Phi) is 4.01. The highest BCUT2D eigenvalue weighted by Gasteiger charge is 2.64. The van der Waals surface area contributed by atoms with Crippen LogP contribution in [0.2, 0.25) is 0 Å². The summed E-state index contributed by atoms with van der Waals surface area (Å²) in [6, 6.07) is 5.30. The molecule has 2 heterocycles. The summed E-state index contributed by atoms with van der Waals surface area (Å²) in [6.07, 6.45) is -3.65. The zero-order valence-electron chi connectivity index (χ0n) is 13.4. The van der Waals surface area contributed by atoms with Gasteiger partial charge in [0.15, 0.2) is 5.41 Å². The second-order valence-electron chi connectivity index (χ2n) is 6.20. The first kappa shape index (κ1) is 17.3. The third kappa shape index (κ3) is 2.65. The molecule has 0 bridgehead atoms. The van der Waals surface area contributed by atoms with Crippen LogP contribution in [0.1, 0.15) is 29.3 Å². The topological polar surface area (TPSA) is 70.8 Å². The van der Waals surface area contributed by atoms with E-state index in [-0.39, 0.29) is 12.1 Å². The molecule has 1 aliphatic rings. The zero-order chi connectivity index (χ0) is 18.4. The minimum absolute atomic E-state index is 0.147. The van der Waals surface area contributed by atoms with Gasteiger partial charge in [-0.2, -0.15) is 13.2 Å². The van der Waals surface area contributed by atoms with Gasteiger partial charge in [-0.1, -0.05) is 13.0 Å². The van der Waals surface area contributed by atoms with Gasteiger partial charge in [-0.15, -0.1) is 0 Å². The molecule has 134 valence electrons. The molecule has 1 aromatic carbocycles. The number of likely N-dealkylation sites (tertiary alicyclic amines) is 1. The molecule has 25 heavy (non-hydrogen) atoms. The molecule has 0 saturated carbocycles. The van der Waals surface area contributed by atoms with Gasteiger partial charge < -0.3 is 14.4 Å². The fraction of sp³-hybridized carbons (Fsp3) is 0.412. The molecule has 1 aromatic heterocycles. The fourth-order valence-corrected chi connectivity index (χ4v) is 3.14. The molecular formula is C17H16F3NO4. The van der Waals surface area contributed by atoms with Gasteiger partial charge in [-0.3, -0.25) is 9.59 Å². The molecule has 1 saturated heterocycles. The first-order valence-electron chi connectivity index (χ1n) is 7.79. The molecule has 1 amide bonds. The SMILES string of the molecule is CCc1ccc2occ(C(=O)N3CCC(C(=O)O)(C(F)(F)F)C3)c2c1. The molecule has 0 spiro atoms. The largest absolute Gasteiger partial charge is 0.481 e. The lowest BCUT2D eigenvalue weighted by molar-refractivity contribution is -0.227. The molecule has 1 fully saturated rings. The number of hydrogen-bond acceptors (Lipinski definition) is 3. The molecule has 0 aliphatic carbocycles. The number of fused-ring (bicyclic) bond motifs is 1. The number of carbonyl (C=O) groups excluding carboxylic acids is 1. The van der Waals surface area contributed by atoms with Crippen molar-refractivity contribution in [3.63, 3.8) is 0 Å². The van der Waals surface area contributed by atoms with Crippen LogP contribution in [-0.2, 0) is 11.2 Å². The van der Waals surface area contributed by atoms with Crippen LogP contribution in [0.4, 0.5) is 13.2 Å². The second-order valence-corrected chi connectivity index (χ2v) is 6.20. The number of alkyl halides is 3. The van der Waals surface area contributed by atoms with Crippen LogP contribution in [-0.4, -0.2) is 41.1 Å². The number of carboxylic acid groups (broad SMARTS) is 1. The third-order valence-corrected chi connectivity index (χ3v) is 4.79. The van der Waals surface area contributed by atoms with Gasteiger partial charge in [0.1, 0.15) is 11.8 Å². The van der Waals surface area contributed by atoms with Gasteiger partial charge in [0.25, 0.3) is 5.91 Å². The number of hydrogen-bond donors (Lipinski definition) is 1. The number of nitrogens with zero attached hydrogens (tertiary/aromatic N) is 1. The number of benzene rings is 1. The van der Waals surface area contributed by atoms with E-state index in [2.05, 4.69) is 0 Å². The van der Waals surface area contributed by atoms with Gasteiger partial charge in [-0.05, 0) is 30.5 Å². The normalized spacial score (nSPS) is 21.0. The smallest absolute Gasteiger partial charge is 0.406 e. The molecule has 5 nitrogen and oxygen atoms in total. The Labute approximate surface area is 141 Å². The Morgan fingerprint density at radius 1 is 1.36 bits per heavy atom. The summed E-state index contributed by atoms with van der Waals surface area (Å²) in [6.45, 7) is 0.767. The predicted octanol–water partition coefficient (Wildman–Crippen LogP) is 3.47. The summed E-state index contributed by atoms with van der Waals surface area (Å²) >= 11 is 0. The summed E-state index contributed by atoms with van der Waals surface area (Å²) < 4.78 is 45.1. The quantitative estimate of drug-likeness (QED) is 0.915. The summed E-state index contributed by atoms with van der Waals surface area (Å²) in [4.78, 5) is 24.8. The standard InChI is InChI=1S/C17H16F3NO4/c1-2-10-3-4-13-11(7-10)12(8-25-13)14(22)21-6-5-16(9-21,15(23)24)17(18,19)20/h3-4,7-8H,2,5-6,9H2,1H3,(H,23,24). The van der Waals surface area contributed by atoms with E-state index < -0.39 is 36.4 Å². The Morgan fingerprint density at radius 2 is 2.08 bits per heavy atom. The maximum atomic E-state index is 13.3. The van der Waals surface area contributed by atoms with E-state index in [1.807, 2.05) is 13.0 Å². The number of aryl methyl sites for hydroxylation is 1. The Balaban J connectivity index is 1.94. The van der Waals surface area contributed by atoms with Crippen molar-refractivity contribution >= 4 is 22.8 Å². The van der Waals surface area contributed by atoms with Crippen molar-refractivity contribution in [3.8, 4) is 0 Å². The molecule has 1 unspecified atom stereocenters. The molecule has 3 rings (SSSR count). The maximum Gasteiger partial charge on any atom is 0.406 e. The summed E-state index contributed by atoms with van der Waals surface area (Å²) in [7, 11) is 0. The van der Waals surface area contributed by atoms with Gasteiger partial charge in [-0.25, -0.2) is 0 Å². The van der Waals surface area contributed by atoms with Crippen LogP contribution in [0, 0.1) is 5.41 Å². The van der Waals surface area contributed by atoms with E-state index in [1.54, 1.807) is 12.1 Å². The van der Waals surface area contributed by atoms with Crippen molar-refractivity contribution in [2.45, 2.75) is 25.9 Å². The first-order chi connectivity index (χ1) is 11.7. The van der Waals surface area contributed by atoms with Crippen molar-refractivity contribution in [3.05, 3.63) is 35.6 Å². The average Bonchev–Trinajstić information content (AvgIpc) is 3.18. The van der Waals surface area contributed by atoms with E-state index >= 15 is 0 Å². The third-order valence-electron chi connectivity index (χ3n) is 4.79. The Morgan fingerprint density at radius 3 is 2.64 bits per heavy atom. The maximum absolute atomic E-state index is 13.3. The number of carboxylic acids is 1. The highest BCUT2D eigenvalue weighted by atomic mass is 19.4. The van der Waals surface area contributed by atoms with Gasteiger partial charge in [0, 0.05) is 18.5 Å². The van der Waals surface area contributed by atoms with Gasteiger partial charge >= 0.3 is 12.1 Å². The second kappa shape index (κ2) is 5.79. The number of aliphatic carboxylic acids is 1. The molecule has 2 aromatic rings. The lowest BCUT2D eigenvalue weighted by Gasteiger charge is -2.27. The summed E-state index contributed by atoms with van der Waals surface area (Å²) in [5, 5.41) is 9.61. The first-order valence-corrected chi connectivity index (χ1v) is 7.79. The number of rotatable bonds is 3. The van der Waals surface area contributed by atoms with Gasteiger partial charge in [0.2, 0.25) is 0 Å².